The third kappa shape index (κ3) is 3.94. The second-order valence-electron chi connectivity index (χ2n) is 6.49. The van der Waals surface area contributed by atoms with Gasteiger partial charge in [0.15, 0.2) is 16.1 Å². The molecule has 0 atom stereocenters. The van der Waals surface area contributed by atoms with Crippen LogP contribution in [0, 0.1) is 0 Å². The van der Waals surface area contributed by atoms with Gasteiger partial charge in [0.2, 0.25) is 5.91 Å². The Bertz CT molecular complexity index is 1000. The number of aromatic nitrogens is 4. The van der Waals surface area contributed by atoms with E-state index in [1.54, 1.807) is 18.3 Å². The monoisotopic (exact) mass is 433 g/mol. The molecule has 146 valence electrons. The van der Waals surface area contributed by atoms with E-state index in [-0.39, 0.29) is 16.8 Å². The number of rotatable bonds is 6. The van der Waals surface area contributed by atoms with Crippen molar-refractivity contribution in [3.63, 3.8) is 0 Å². The van der Waals surface area contributed by atoms with Crippen molar-refractivity contribution in [2.24, 2.45) is 0 Å². The number of nitrogens with one attached hydrogen (secondary N) is 1. The average Bonchev–Trinajstić information content (AvgIpc) is 3.31. The molecular weight excluding hydrogens is 414 g/mol. The molecule has 0 aliphatic heterocycles. The minimum absolute atomic E-state index is 0.153. The molecule has 0 unspecified atom stereocenters. The molecule has 6 nitrogen and oxygen atoms in total. The van der Waals surface area contributed by atoms with Crippen LogP contribution in [0.25, 0.3) is 11.4 Å². The van der Waals surface area contributed by atoms with Crippen LogP contribution >= 0.6 is 34.7 Å². The highest BCUT2D eigenvalue weighted by Gasteiger charge is 2.22. The lowest BCUT2D eigenvalue weighted by molar-refractivity contribution is -0.113. The number of amides is 1. The summed E-state index contributed by atoms with van der Waals surface area (Å²) in [4.78, 5) is 17.7. The maximum atomic E-state index is 12.3. The number of thioether (sulfide) groups is 1. The number of hydrogen-bond donors (Lipinski definition) is 1. The Hall–Kier alpha value is -1.90. The Kier molecular flexibility index (Phi) is 5.99. The molecule has 0 radical (unpaired) electrons. The Morgan fingerprint density at radius 3 is 3.04 bits per heavy atom. The van der Waals surface area contributed by atoms with Crippen molar-refractivity contribution in [1.29, 1.82) is 0 Å². The third-order valence-electron chi connectivity index (χ3n) is 4.70. The molecule has 1 aliphatic rings. The minimum Gasteiger partial charge on any atom is -0.323 e. The normalized spacial score (nSPS) is 13.4. The Balaban J connectivity index is 1.48. The van der Waals surface area contributed by atoms with Crippen LogP contribution in [0.3, 0.4) is 0 Å². The van der Waals surface area contributed by atoms with E-state index >= 15 is 0 Å². The molecule has 0 aromatic carbocycles. The zero-order valence-electron chi connectivity index (χ0n) is 15.4. The largest absolute Gasteiger partial charge is 0.323 e. The number of anilines is 1. The van der Waals surface area contributed by atoms with E-state index in [4.69, 9.17) is 11.6 Å². The van der Waals surface area contributed by atoms with Gasteiger partial charge in [0, 0.05) is 28.6 Å². The fraction of sp³-hybridized carbons (Fsp3) is 0.368. The predicted octanol–water partition coefficient (Wildman–Crippen LogP) is 4.68. The summed E-state index contributed by atoms with van der Waals surface area (Å²) in [7, 11) is 0. The van der Waals surface area contributed by atoms with Crippen molar-refractivity contribution < 1.29 is 4.79 Å². The van der Waals surface area contributed by atoms with Crippen molar-refractivity contribution in [3.05, 3.63) is 39.3 Å². The second kappa shape index (κ2) is 8.63. The summed E-state index contributed by atoms with van der Waals surface area (Å²) in [5.74, 6) is 0.977. The van der Waals surface area contributed by atoms with Gasteiger partial charge in [0.05, 0.1) is 11.4 Å². The summed E-state index contributed by atoms with van der Waals surface area (Å²) in [6, 6.07) is 3.46. The molecule has 0 saturated heterocycles. The lowest BCUT2D eigenvalue weighted by atomic mass is 9.96. The van der Waals surface area contributed by atoms with Gasteiger partial charge in [-0.25, -0.2) is 4.98 Å². The van der Waals surface area contributed by atoms with Gasteiger partial charge in [-0.15, -0.1) is 21.5 Å². The van der Waals surface area contributed by atoms with Crippen LogP contribution in [0.2, 0.25) is 5.15 Å². The number of carbonyl (C=O) groups excluding carboxylic acids is 1. The van der Waals surface area contributed by atoms with Crippen molar-refractivity contribution in [2.75, 3.05) is 11.1 Å². The SMILES string of the molecule is CCn1c(SCC(=O)Nc2cccnc2Cl)nnc1-c1csc2c1CCCC2. The van der Waals surface area contributed by atoms with Gasteiger partial charge in [-0.2, -0.15) is 0 Å². The molecule has 0 saturated carbocycles. The molecule has 1 aliphatic carbocycles. The molecule has 3 aromatic heterocycles. The van der Waals surface area contributed by atoms with Crippen molar-refractivity contribution in [3.8, 4) is 11.4 Å². The molecule has 1 N–H and O–H groups in total. The highest BCUT2D eigenvalue weighted by Crippen LogP contribution is 2.36. The van der Waals surface area contributed by atoms with Crippen molar-refractivity contribution in [1.82, 2.24) is 19.7 Å². The quantitative estimate of drug-likeness (QED) is 0.451. The smallest absolute Gasteiger partial charge is 0.234 e. The summed E-state index contributed by atoms with van der Waals surface area (Å²) in [5.41, 5.74) is 3.14. The first-order valence-corrected chi connectivity index (χ1v) is 11.5. The van der Waals surface area contributed by atoms with E-state index in [1.165, 1.54) is 47.0 Å². The fourth-order valence-corrected chi connectivity index (χ4v) is 5.45. The molecule has 0 fully saturated rings. The molecule has 3 aromatic rings. The zero-order chi connectivity index (χ0) is 19.5. The number of halogens is 1. The number of nitrogens with zero attached hydrogens (tertiary/aromatic N) is 4. The first-order chi connectivity index (χ1) is 13.7. The predicted molar refractivity (Wildman–Crippen MR) is 114 cm³/mol. The van der Waals surface area contributed by atoms with Gasteiger partial charge < -0.3 is 9.88 Å². The molecule has 9 heteroatoms. The van der Waals surface area contributed by atoms with Crippen LogP contribution in [0.5, 0.6) is 0 Å². The summed E-state index contributed by atoms with van der Waals surface area (Å²) < 4.78 is 2.09. The molecule has 4 rings (SSSR count). The van der Waals surface area contributed by atoms with Crippen molar-refractivity contribution in [2.45, 2.75) is 44.3 Å². The fourth-order valence-electron chi connectivity index (χ4n) is 3.36. The number of thiophene rings is 1. The van der Waals surface area contributed by atoms with E-state index in [2.05, 4.69) is 37.4 Å². The Labute approximate surface area is 176 Å². The molecule has 1 amide bonds. The Morgan fingerprint density at radius 1 is 1.36 bits per heavy atom. The van der Waals surface area contributed by atoms with Crippen LogP contribution in [0.15, 0.2) is 28.9 Å². The van der Waals surface area contributed by atoms with Gasteiger partial charge in [0.1, 0.15) is 0 Å². The molecule has 0 spiro atoms. The lowest BCUT2D eigenvalue weighted by Gasteiger charge is -2.13. The van der Waals surface area contributed by atoms with Crippen LogP contribution in [-0.4, -0.2) is 31.4 Å². The molecule has 28 heavy (non-hydrogen) atoms. The van der Waals surface area contributed by atoms with E-state index in [0.717, 1.165) is 23.9 Å². The van der Waals surface area contributed by atoms with Crippen LogP contribution in [0.1, 0.15) is 30.2 Å². The number of fused-ring (bicyclic) bond motifs is 1. The number of carbonyl (C=O) groups is 1. The van der Waals surface area contributed by atoms with Gasteiger partial charge in [-0.3, -0.25) is 4.79 Å². The molecule has 0 bridgehead atoms. The van der Waals surface area contributed by atoms with Crippen LogP contribution in [-0.2, 0) is 24.2 Å². The number of aryl methyl sites for hydroxylation is 1. The van der Waals surface area contributed by atoms with Gasteiger partial charge >= 0.3 is 0 Å². The maximum absolute atomic E-state index is 12.3. The zero-order valence-corrected chi connectivity index (χ0v) is 17.8. The highest BCUT2D eigenvalue weighted by atomic mass is 35.5. The highest BCUT2D eigenvalue weighted by molar-refractivity contribution is 7.99. The Morgan fingerprint density at radius 2 is 2.21 bits per heavy atom. The van der Waals surface area contributed by atoms with E-state index < -0.39 is 0 Å². The minimum atomic E-state index is -0.153. The van der Waals surface area contributed by atoms with E-state index in [9.17, 15) is 4.79 Å². The van der Waals surface area contributed by atoms with Crippen molar-refractivity contribution >= 4 is 46.3 Å². The summed E-state index contributed by atoms with van der Waals surface area (Å²) in [6.45, 7) is 2.83. The maximum Gasteiger partial charge on any atom is 0.234 e. The summed E-state index contributed by atoms with van der Waals surface area (Å²) in [6.07, 6.45) is 6.36. The first kappa shape index (κ1) is 19.4. The molecular formula is C19H20ClN5OS2. The standard InChI is InChI=1S/C19H20ClN5OS2/c1-2-25-18(13-10-27-15-8-4-3-6-12(13)15)23-24-19(25)28-11-16(26)22-14-7-5-9-21-17(14)20/h5,7,9-10H,2-4,6,8,11H2,1H3,(H,22,26). The van der Waals surface area contributed by atoms with E-state index in [0.29, 0.717) is 5.69 Å². The van der Waals surface area contributed by atoms with Crippen LogP contribution in [0.4, 0.5) is 5.69 Å². The first-order valence-electron chi connectivity index (χ1n) is 9.23. The van der Waals surface area contributed by atoms with E-state index in [1.807, 2.05) is 11.3 Å². The van der Waals surface area contributed by atoms with Gasteiger partial charge in [-0.05, 0) is 50.3 Å². The van der Waals surface area contributed by atoms with Gasteiger partial charge in [-0.1, -0.05) is 23.4 Å². The number of hydrogen-bond acceptors (Lipinski definition) is 6. The lowest BCUT2D eigenvalue weighted by Crippen LogP contribution is -2.15. The summed E-state index contributed by atoms with van der Waals surface area (Å²) in [5, 5.41) is 14.8. The molecule has 3 heterocycles. The average molecular weight is 434 g/mol. The van der Waals surface area contributed by atoms with Crippen LogP contribution < -0.4 is 5.32 Å². The second-order valence-corrected chi connectivity index (χ2v) is 8.75. The van der Waals surface area contributed by atoms with Gasteiger partial charge in [0.25, 0.3) is 0 Å². The third-order valence-corrected chi connectivity index (χ3v) is 7.06. The summed E-state index contributed by atoms with van der Waals surface area (Å²) >= 11 is 9.20. The topological polar surface area (TPSA) is 72.7 Å². The number of pyridine rings is 1.